The van der Waals surface area contributed by atoms with Gasteiger partial charge in [-0.25, -0.2) is 13.9 Å². The molecule has 3 atom stereocenters. The number of H-pyrrole nitrogens is 1. The second-order valence-corrected chi connectivity index (χ2v) is 13.8. The van der Waals surface area contributed by atoms with E-state index in [4.69, 9.17) is 31.9 Å². The third-order valence-corrected chi connectivity index (χ3v) is 9.87. The van der Waals surface area contributed by atoms with Crippen LogP contribution < -0.4 is 29.3 Å². The molecule has 1 aliphatic rings. The number of para-hydroxylation sites is 4. The molecule has 0 radical (unpaired) electrons. The molecule has 0 unspecified atom stereocenters. The first-order valence-electron chi connectivity index (χ1n) is 15.2. The zero-order chi connectivity index (χ0) is 34.3. The fourth-order valence-corrected chi connectivity index (χ4v) is 7.51. The highest BCUT2D eigenvalue weighted by atomic mass is 31.2. The van der Waals surface area contributed by atoms with Crippen molar-refractivity contribution in [1.82, 2.24) is 9.55 Å². The summed E-state index contributed by atoms with van der Waals surface area (Å²) in [5.41, 5.74) is -1.04. The molecular formula is C34H32N2O11P2. The van der Waals surface area contributed by atoms with E-state index in [1.165, 1.54) is 17.7 Å². The third kappa shape index (κ3) is 8.97. The normalized spacial score (nSPS) is 17.7. The molecule has 5 aromatic rings. The Kier molecular flexibility index (Phi) is 10.5. The van der Waals surface area contributed by atoms with Gasteiger partial charge in [-0.1, -0.05) is 72.8 Å². The van der Waals surface area contributed by atoms with Crippen molar-refractivity contribution in [3.05, 3.63) is 154 Å². The van der Waals surface area contributed by atoms with Crippen molar-refractivity contribution >= 4 is 15.6 Å². The number of aryl methyl sites for hydroxylation is 1. The van der Waals surface area contributed by atoms with Crippen molar-refractivity contribution in [2.45, 2.75) is 31.8 Å². The van der Waals surface area contributed by atoms with Crippen LogP contribution in [0.3, 0.4) is 0 Å². The van der Waals surface area contributed by atoms with Gasteiger partial charge >= 0.3 is 21.3 Å². The number of phosphoric ester groups is 2. The molecule has 49 heavy (non-hydrogen) atoms. The highest BCUT2D eigenvalue weighted by molar-refractivity contribution is 7.49. The topological polar surface area (TPSA) is 154 Å². The van der Waals surface area contributed by atoms with Gasteiger partial charge in [0.2, 0.25) is 0 Å². The third-order valence-electron chi connectivity index (χ3n) is 7.14. The quantitative estimate of drug-likeness (QED) is 0.118. The SMILES string of the molecule is Cc1cn([C@H]2C[C@H](OP(=O)(Oc3ccccc3)Oc3ccccc3)[C@@H](COP(=O)(Oc3ccccc3)Oc3ccccc3)O2)c(=O)[nH]c1=O. The molecule has 1 aliphatic heterocycles. The molecule has 1 N–H and O–H groups in total. The van der Waals surface area contributed by atoms with E-state index < -0.39 is 51.9 Å². The molecule has 0 amide bonds. The van der Waals surface area contributed by atoms with E-state index in [0.29, 0.717) is 0 Å². The summed E-state index contributed by atoms with van der Waals surface area (Å²) in [5.74, 6) is 0.836. The first-order valence-corrected chi connectivity index (χ1v) is 18.1. The van der Waals surface area contributed by atoms with Gasteiger partial charge in [0.1, 0.15) is 41.4 Å². The van der Waals surface area contributed by atoms with Gasteiger partial charge in [-0.15, -0.1) is 0 Å². The van der Waals surface area contributed by atoms with Gasteiger partial charge in [0.15, 0.2) is 0 Å². The van der Waals surface area contributed by atoms with E-state index >= 15 is 0 Å². The number of benzene rings is 4. The average molecular weight is 707 g/mol. The minimum Gasteiger partial charge on any atom is -0.395 e. The Morgan fingerprint density at radius 2 is 1.12 bits per heavy atom. The number of nitrogens with one attached hydrogen (secondary N) is 1. The number of hydrogen-bond acceptors (Lipinski definition) is 11. The molecule has 1 aromatic heterocycles. The Labute approximate surface area is 281 Å². The minimum atomic E-state index is -4.48. The maximum atomic E-state index is 14.4. The monoisotopic (exact) mass is 706 g/mol. The van der Waals surface area contributed by atoms with Crippen molar-refractivity contribution < 1.29 is 41.0 Å². The largest absolute Gasteiger partial charge is 0.587 e. The van der Waals surface area contributed by atoms with Crippen molar-refractivity contribution in [2.24, 2.45) is 0 Å². The molecule has 6 rings (SSSR count). The summed E-state index contributed by atoms with van der Waals surface area (Å²) < 4.78 is 70.9. The van der Waals surface area contributed by atoms with Crippen LogP contribution in [-0.4, -0.2) is 28.4 Å². The standard InChI is InChI=1S/C34H32N2O11P2/c1-25-23-36(34(38)35-33(25)37)32-22-30(47-49(40,45-28-18-10-4-11-19-28)46-29-20-12-5-13-21-29)31(42-32)24-41-48(39,43-26-14-6-2-7-15-26)44-27-16-8-3-9-17-27/h2-21,23,30-32H,22,24H2,1H3,(H,35,37,38)/t30-,31+,32+/m0/s1. The Bertz CT molecular complexity index is 1950. The van der Waals surface area contributed by atoms with Gasteiger partial charge < -0.3 is 22.8 Å². The molecular weight excluding hydrogens is 674 g/mol. The number of aromatic amines is 1. The van der Waals surface area contributed by atoms with Crippen molar-refractivity contribution in [3.8, 4) is 23.0 Å². The van der Waals surface area contributed by atoms with Crippen molar-refractivity contribution in [3.63, 3.8) is 0 Å². The van der Waals surface area contributed by atoms with Gasteiger partial charge in [-0.3, -0.25) is 23.4 Å². The number of aromatic nitrogens is 2. The fourth-order valence-electron chi connectivity index (χ4n) is 4.84. The van der Waals surface area contributed by atoms with Gasteiger partial charge in [-0.05, 0) is 55.5 Å². The van der Waals surface area contributed by atoms with Crippen LogP contribution in [0.4, 0.5) is 0 Å². The van der Waals surface area contributed by atoms with Gasteiger partial charge in [-0.2, -0.15) is 0 Å². The van der Waals surface area contributed by atoms with Crippen molar-refractivity contribution in [1.29, 1.82) is 0 Å². The van der Waals surface area contributed by atoms with Gasteiger partial charge in [0.05, 0.1) is 6.61 Å². The highest BCUT2D eigenvalue weighted by Crippen LogP contribution is 2.54. The zero-order valence-corrected chi connectivity index (χ0v) is 27.9. The van der Waals surface area contributed by atoms with E-state index in [1.807, 2.05) is 0 Å². The van der Waals surface area contributed by atoms with Crippen LogP contribution in [-0.2, 0) is 22.9 Å². The van der Waals surface area contributed by atoms with Crippen LogP contribution in [0.1, 0.15) is 18.2 Å². The summed E-state index contributed by atoms with van der Waals surface area (Å²) in [5, 5.41) is 0. The maximum Gasteiger partial charge on any atom is 0.587 e. The Morgan fingerprint density at radius 1 is 0.694 bits per heavy atom. The number of rotatable bonds is 14. The van der Waals surface area contributed by atoms with E-state index in [1.54, 1.807) is 121 Å². The lowest BCUT2D eigenvalue weighted by atomic mass is 10.2. The summed E-state index contributed by atoms with van der Waals surface area (Å²) in [6, 6.07) is 33.2. The zero-order valence-electron chi connectivity index (χ0n) is 26.1. The summed E-state index contributed by atoms with van der Waals surface area (Å²) in [6.07, 6.45) is -2.04. The second-order valence-electron chi connectivity index (χ2n) is 10.8. The molecule has 254 valence electrons. The van der Waals surface area contributed by atoms with E-state index in [9.17, 15) is 18.7 Å². The average Bonchev–Trinajstić information content (AvgIpc) is 3.48. The van der Waals surface area contributed by atoms with E-state index in [2.05, 4.69) is 4.98 Å². The molecule has 4 aromatic carbocycles. The first-order chi connectivity index (χ1) is 23.7. The fraction of sp³-hybridized carbons (Fsp3) is 0.176. The number of ether oxygens (including phenoxy) is 1. The first kappa shape index (κ1) is 34.0. The predicted octanol–water partition coefficient (Wildman–Crippen LogP) is 7.07. The van der Waals surface area contributed by atoms with Gasteiger partial charge in [0, 0.05) is 18.2 Å². The smallest absolute Gasteiger partial charge is 0.395 e. The maximum absolute atomic E-state index is 14.4. The predicted molar refractivity (Wildman–Crippen MR) is 179 cm³/mol. The molecule has 0 bridgehead atoms. The summed E-state index contributed by atoms with van der Waals surface area (Å²) in [4.78, 5) is 27.2. The second kappa shape index (κ2) is 15.1. The lowest BCUT2D eigenvalue weighted by Gasteiger charge is -2.25. The molecule has 0 spiro atoms. The molecule has 2 heterocycles. The van der Waals surface area contributed by atoms with Crippen LogP contribution in [0, 0.1) is 6.92 Å². The van der Waals surface area contributed by atoms with E-state index in [0.717, 1.165) is 0 Å². The minimum absolute atomic E-state index is 0.0803. The summed E-state index contributed by atoms with van der Waals surface area (Å²) >= 11 is 0. The van der Waals surface area contributed by atoms with Crippen LogP contribution in [0.25, 0.3) is 0 Å². The number of nitrogens with zero attached hydrogens (tertiary/aromatic N) is 1. The Hall–Kier alpha value is -4.90. The molecule has 1 saturated heterocycles. The number of hydrogen-bond donors (Lipinski definition) is 1. The molecule has 15 heteroatoms. The van der Waals surface area contributed by atoms with Crippen LogP contribution in [0.2, 0.25) is 0 Å². The van der Waals surface area contributed by atoms with Crippen LogP contribution in [0.5, 0.6) is 23.0 Å². The summed E-state index contributed by atoms with van der Waals surface area (Å²) in [6.45, 7) is 1.05. The summed E-state index contributed by atoms with van der Waals surface area (Å²) in [7, 11) is -8.88. The highest BCUT2D eigenvalue weighted by Gasteiger charge is 2.46. The molecule has 13 nitrogen and oxygen atoms in total. The molecule has 0 aliphatic carbocycles. The number of phosphoric acid groups is 2. The molecule has 0 saturated carbocycles. The van der Waals surface area contributed by atoms with E-state index in [-0.39, 0.29) is 35.0 Å². The van der Waals surface area contributed by atoms with Crippen LogP contribution >= 0.6 is 15.6 Å². The van der Waals surface area contributed by atoms with Gasteiger partial charge in [0.25, 0.3) is 5.56 Å². The van der Waals surface area contributed by atoms with Crippen LogP contribution in [0.15, 0.2) is 137 Å². The Morgan fingerprint density at radius 3 is 1.57 bits per heavy atom. The lowest BCUT2D eigenvalue weighted by Crippen LogP contribution is -2.33. The lowest BCUT2D eigenvalue weighted by molar-refractivity contribution is -0.0431. The van der Waals surface area contributed by atoms with Crippen molar-refractivity contribution in [2.75, 3.05) is 6.61 Å². The molecule has 1 fully saturated rings. The Balaban J connectivity index is 1.31.